The zero-order valence-corrected chi connectivity index (χ0v) is 12.8. The molecule has 0 unspecified atom stereocenters. The van der Waals surface area contributed by atoms with E-state index in [0.717, 1.165) is 5.56 Å². The Morgan fingerprint density at radius 1 is 1.41 bits per heavy atom. The Balaban J connectivity index is 2.13. The molecule has 8 nitrogen and oxygen atoms in total. The molecule has 9 heteroatoms. The van der Waals surface area contributed by atoms with Crippen molar-refractivity contribution in [2.45, 2.75) is 25.1 Å². The first-order valence-corrected chi connectivity index (χ1v) is 7.83. The second kappa shape index (κ2) is 5.67. The van der Waals surface area contributed by atoms with Gasteiger partial charge in [-0.15, -0.1) is 0 Å². The van der Waals surface area contributed by atoms with E-state index in [0.29, 0.717) is 0 Å². The van der Waals surface area contributed by atoms with Crippen LogP contribution in [0, 0.1) is 0 Å². The van der Waals surface area contributed by atoms with Gasteiger partial charge in [0.2, 0.25) is 11.6 Å². The summed E-state index contributed by atoms with van der Waals surface area (Å²) < 4.78 is 36.5. The first-order valence-electron chi connectivity index (χ1n) is 6.43. The average Bonchev–Trinajstić information content (AvgIpc) is 2.44. The summed E-state index contributed by atoms with van der Waals surface area (Å²) >= 11 is 0. The molecule has 0 bridgehead atoms. The van der Waals surface area contributed by atoms with Gasteiger partial charge in [0.05, 0.1) is 6.42 Å². The number of carbonyl (C=O) groups is 2. The summed E-state index contributed by atoms with van der Waals surface area (Å²) in [5.41, 5.74) is -1.06. The molecule has 0 saturated carbocycles. The van der Waals surface area contributed by atoms with Crippen LogP contribution in [0.15, 0.2) is 30.3 Å². The molecular formula is C13H16N2O6S. The van der Waals surface area contributed by atoms with E-state index < -0.39 is 33.9 Å². The van der Waals surface area contributed by atoms with Crippen LogP contribution in [0.2, 0.25) is 0 Å². The topological polar surface area (TPSA) is 113 Å². The summed E-state index contributed by atoms with van der Waals surface area (Å²) in [6.07, 6.45) is 0.0117. The van der Waals surface area contributed by atoms with Gasteiger partial charge >= 0.3 is 10.3 Å². The summed E-state index contributed by atoms with van der Waals surface area (Å²) in [5.74, 6) is -1.53. The van der Waals surface area contributed by atoms with Crippen LogP contribution >= 0.6 is 0 Å². The number of hydrogen-bond acceptors (Lipinski definition) is 5. The summed E-state index contributed by atoms with van der Waals surface area (Å²) in [5, 5.41) is 2.40. The highest BCUT2D eigenvalue weighted by molar-refractivity contribution is 7.84. The van der Waals surface area contributed by atoms with Crippen molar-refractivity contribution in [3.8, 4) is 0 Å². The highest BCUT2D eigenvalue weighted by atomic mass is 32.2. The molecule has 1 aromatic rings. The van der Waals surface area contributed by atoms with Crippen molar-refractivity contribution < 1.29 is 27.3 Å². The molecule has 2 amide bonds. The number of amides is 2. The molecule has 2 rings (SSSR count). The fourth-order valence-corrected chi connectivity index (χ4v) is 3.31. The van der Waals surface area contributed by atoms with Gasteiger partial charge in [-0.25, -0.2) is 4.31 Å². The highest BCUT2D eigenvalue weighted by Crippen LogP contribution is 2.33. The van der Waals surface area contributed by atoms with Crippen molar-refractivity contribution in [2.24, 2.45) is 0 Å². The predicted octanol–water partition coefficient (Wildman–Crippen LogP) is -0.278. The Bertz CT molecular complexity index is 690. The first kappa shape index (κ1) is 16.4. The Kier molecular flexibility index (Phi) is 4.23. The van der Waals surface area contributed by atoms with Crippen LogP contribution in [-0.4, -0.2) is 48.0 Å². The van der Waals surface area contributed by atoms with E-state index in [2.05, 4.69) is 5.32 Å². The van der Waals surface area contributed by atoms with Gasteiger partial charge in [0.25, 0.3) is 5.91 Å². The van der Waals surface area contributed by atoms with E-state index in [9.17, 15) is 18.0 Å². The second-order valence-corrected chi connectivity index (χ2v) is 6.19. The zero-order valence-electron chi connectivity index (χ0n) is 12.0. The lowest BCUT2D eigenvalue weighted by atomic mass is 9.94. The molecular weight excluding hydrogens is 312 g/mol. The van der Waals surface area contributed by atoms with Gasteiger partial charge in [0, 0.05) is 7.11 Å². The van der Waals surface area contributed by atoms with Crippen molar-refractivity contribution in [3.05, 3.63) is 35.9 Å². The maximum absolute atomic E-state index is 12.1. The van der Waals surface area contributed by atoms with E-state index in [1.165, 1.54) is 14.0 Å². The number of benzene rings is 1. The molecule has 0 aromatic heterocycles. The number of nitrogens with one attached hydrogen (secondary N) is 1. The lowest BCUT2D eigenvalue weighted by molar-refractivity contribution is -0.192. The van der Waals surface area contributed by atoms with Crippen LogP contribution in [-0.2, 0) is 31.1 Å². The minimum atomic E-state index is -4.69. The summed E-state index contributed by atoms with van der Waals surface area (Å²) in [6.45, 7) is 1.35. The second-order valence-electron chi connectivity index (χ2n) is 4.91. The average molecular weight is 328 g/mol. The summed E-state index contributed by atoms with van der Waals surface area (Å²) in [4.78, 5) is 24.1. The van der Waals surface area contributed by atoms with Gasteiger partial charge in [-0.2, -0.15) is 8.42 Å². The highest BCUT2D eigenvalue weighted by Gasteiger charge is 2.64. The number of ether oxygens (including phenoxy) is 1. The standard InChI is InChI=1S/C13H16N2O6S/c1-9-13(21-2,12(17)15(9)22(18,19)20)14-11(16)8-10-6-4-3-5-7-10/h3-7,9H,8H2,1-2H3,(H,14,16)(H,18,19,20)/t9-,13+/m1/s1. The molecule has 1 aromatic carbocycles. The van der Waals surface area contributed by atoms with E-state index in [1.54, 1.807) is 30.3 Å². The van der Waals surface area contributed by atoms with E-state index in [4.69, 9.17) is 9.29 Å². The van der Waals surface area contributed by atoms with Crippen LogP contribution in [0.25, 0.3) is 0 Å². The third kappa shape index (κ3) is 2.70. The number of hydrogen-bond donors (Lipinski definition) is 2. The van der Waals surface area contributed by atoms with Crippen LogP contribution in [0.5, 0.6) is 0 Å². The van der Waals surface area contributed by atoms with Crippen molar-refractivity contribution in [2.75, 3.05) is 7.11 Å². The zero-order chi connectivity index (χ0) is 16.5. The molecule has 2 N–H and O–H groups in total. The van der Waals surface area contributed by atoms with Crippen LogP contribution < -0.4 is 5.32 Å². The van der Waals surface area contributed by atoms with Gasteiger partial charge in [-0.1, -0.05) is 30.3 Å². The van der Waals surface area contributed by atoms with Gasteiger partial charge in [0.15, 0.2) is 0 Å². The maximum atomic E-state index is 12.1. The molecule has 120 valence electrons. The number of β-lactam (4-membered cyclic amide) rings is 1. The quantitative estimate of drug-likeness (QED) is 0.437. The SMILES string of the molecule is CO[C@]1(NC(=O)Cc2ccccc2)C(=O)N(S(=O)(=O)O)[C@@H]1C. The first-order chi connectivity index (χ1) is 10.2. The van der Waals surface area contributed by atoms with Crippen LogP contribution in [0.1, 0.15) is 12.5 Å². The minimum absolute atomic E-state index is 0.0117. The molecule has 1 aliphatic heterocycles. The molecule has 22 heavy (non-hydrogen) atoms. The third-order valence-corrected chi connectivity index (χ3v) is 4.54. The van der Waals surface area contributed by atoms with Crippen molar-refractivity contribution in [3.63, 3.8) is 0 Å². The Labute approximate surface area is 127 Å². The van der Waals surface area contributed by atoms with Gasteiger partial charge < -0.3 is 10.1 Å². The third-order valence-electron chi connectivity index (χ3n) is 3.56. The van der Waals surface area contributed by atoms with E-state index in [1.807, 2.05) is 0 Å². The molecule has 1 saturated heterocycles. The molecule has 0 radical (unpaired) electrons. The summed E-state index contributed by atoms with van der Waals surface area (Å²) in [6, 6.07) is 7.78. The minimum Gasteiger partial charge on any atom is -0.349 e. The lowest BCUT2D eigenvalue weighted by Crippen LogP contribution is -2.81. The van der Waals surface area contributed by atoms with Gasteiger partial charge in [0.1, 0.15) is 6.04 Å². The molecule has 0 aliphatic carbocycles. The molecule has 2 atom stereocenters. The van der Waals surface area contributed by atoms with E-state index >= 15 is 0 Å². The van der Waals surface area contributed by atoms with Gasteiger partial charge in [-0.05, 0) is 12.5 Å². The lowest BCUT2D eigenvalue weighted by Gasteiger charge is -2.50. The van der Waals surface area contributed by atoms with Crippen molar-refractivity contribution in [1.82, 2.24) is 9.62 Å². The fraction of sp³-hybridized carbons (Fsp3) is 0.385. The number of nitrogens with zero attached hydrogens (tertiary/aromatic N) is 1. The number of carbonyl (C=O) groups excluding carboxylic acids is 2. The Morgan fingerprint density at radius 2 is 2.00 bits per heavy atom. The van der Waals surface area contributed by atoms with Crippen LogP contribution in [0.3, 0.4) is 0 Å². The Hall–Kier alpha value is -1.97. The van der Waals surface area contributed by atoms with Gasteiger partial charge in [-0.3, -0.25) is 14.1 Å². The monoisotopic (exact) mass is 328 g/mol. The number of rotatable bonds is 5. The largest absolute Gasteiger partial charge is 0.362 e. The molecule has 1 aliphatic rings. The normalized spacial score (nSPS) is 24.8. The number of methoxy groups -OCH3 is 1. The Morgan fingerprint density at radius 3 is 2.45 bits per heavy atom. The predicted molar refractivity (Wildman–Crippen MR) is 75.9 cm³/mol. The van der Waals surface area contributed by atoms with Crippen molar-refractivity contribution >= 4 is 22.1 Å². The smallest absolute Gasteiger partial charge is 0.349 e. The van der Waals surface area contributed by atoms with Crippen LogP contribution in [0.4, 0.5) is 0 Å². The summed E-state index contributed by atoms with van der Waals surface area (Å²) in [7, 11) is -3.51. The maximum Gasteiger partial charge on any atom is 0.362 e. The molecule has 1 heterocycles. The molecule has 0 spiro atoms. The van der Waals surface area contributed by atoms with E-state index in [-0.39, 0.29) is 10.7 Å². The fourth-order valence-electron chi connectivity index (χ4n) is 2.42. The van der Waals surface area contributed by atoms with Crippen molar-refractivity contribution in [1.29, 1.82) is 0 Å². The molecule has 1 fully saturated rings.